The molecule has 0 atom stereocenters. The summed E-state index contributed by atoms with van der Waals surface area (Å²) in [6.45, 7) is -0.131. The van der Waals surface area contributed by atoms with Crippen LogP contribution in [-0.4, -0.2) is 23.8 Å². The largest absolute Gasteiger partial charge is 0.416 e. The molecule has 0 aliphatic heterocycles. The maximum absolute atomic E-state index is 13.3. The normalized spacial score (nSPS) is 16.6. The van der Waals surface area contributed by atoms with Crippen LogP contribution in [0.2, 0.25) is 0 Å². The third kappa shape index (κ3) is 4.63. The third-order valence-corrected chi connectivity index (χ3v) is 7.14. The molecule has 2 saturated carbocycles. The van der Waals surface area contributed by atoms with Gasteiger partial charge in [0, 0.05) is 23.8 Å². The molecule has 0 saturated heterocycles. The van der Waals surface area contributed by atoms with E-state index < -0.39 is 33.6 Å². The number of alkyl halides is 3. The molecule has 0 N–H and O–H groups in total. The Morgan fingerprint density at radius 1 is 1.03 bits per heavy atom. The van der Waals surface area contributed by atoms with Crippen molar-refractivity contribution in [2.24, 2.45) is 0 Å². The number of halogens is 3. The predicted octanol–water partition coefficient (Wildman–Crippen LogP) is 4.80. The van der Waals surface area contributed by atoms with Crippen LogP contribution in [0.3, 0.4) is 0 Å². The number of nitrogens with zero attached hydrogens (tertiary/aromatic N) is 5. The molecule has 0 unspecified atom stereocenters. The number of hydrogen-bond acceptors (Lipinski definition) is 5. The van der Waals surface area contributed by atoms with Gasteiger partial charge >= 0.3 is 23.1 Å². The molecule has 0 spiro atoms. The van der Waals surface area contributed by atoms with Crippen LogP contribution in [-0.2, 0) is 12.7 Å². The van der Waals surface area contributed by atoms with E-state index in [1.54, 1.807) is 0 Å². The molecule has 1 aromatic carbocycles. The molecule has 9 nitrogen and oxygen atoms in total. The quantitative estimate of drug-likeness (QED) is 0.332. The topological polar surface area (TPSA) is 105 Å². The highest BCUT2D eigenvalue weighted by Gasteiger charge is 2.35. The van der Waals surface area contributed by atoms with Gasteiger partial charge in [0.05, 0.1) is 23.2 Å². The molecule has 3 aromatic rings. The molecule has 0 amide bonds. The van der Waals surface area contributed by atoms with E-state index in [1.807, 2.05) is 0 Å². The highest BCUT2D eigenvalue weighted by atomic mass is 19.4. The Morgan fingerprint density at radius 2 is 1.68 bits per heavy atom. The molecule has 0 radical (unpaired) electrons. The van der Waals surface area contributed by atoms with Crippen molar-refractivity contribution < 1.29 is 18.1 Å². The van der Waals surface area contributed by atoms with Crippen molar-refractivity contribution in [2.75, 3.05) is 0 Å². The molecular weight excluding hydrogens is 491 g/mol. The van der Waals surface area contributed by atoms with Crippen LogP contribution in [0.5, 0.6) is 0 Å². The average molecular weight is 515 g/mol. The molecular formula is C25H24F3N5O4. The lowest BCUT2D eigenvalue weighted by Gasteiger charge is -2.32. The number of benzene rings is 1. The molecule has 2 aromatic heterocycles. The third-order valence-electron chi connectivity index (χ3n) is 7.14. The summed E-state index contributed by atoms with van der Waals surface area (Å²) in [4.78, 5) is 37.6. The monoisotopic (exact) mass is 515 g/mol. The first-order valence-electron chi connectivity index (χ1n) is 12.1. The van der Waals surface area contributed by atoms with Crippen molar-refractivity contribution in [3.05, 3.63) is 90.0 Å². The zero-order valence-corrected chi connectivity index (χ0v) is 19.7. The SMILES string of the molecule is O=c1c([N+](=O)[O-])c(/C=C/c2cnn(Cc3ccccc3C(F)(F)F)c2)n(C2CCC2)c(=O)n1C1CCC1. The Labute approximate surface area is 208 Å². The first-order valence-corrected chi connectivity index (χ1v) is 12.1. The van der Waals surface area contributed by atoms with E-state index in [0.29, 0.717) is 31.2 Å². The van der Waals surface area contributed by atoms with Gasteiger partial charge in [-0.2, -0.15) is 18.3 Å². The Bertz CT molecular complexity index is 1490. The minimum atomic E-state index is -4.50. The lowest BCUT2D eigenvalue weighted by atomic mass is 9.91. The second kappa shape index (κ2) is 9.49. The highest BCUT2D eigenvalue weighted by molar-refractivity contribution is 5.71. The Morgan fingerprint density at radius 3 is 2.27 bits per heavy atom. The Balaban J connectivity index is 1.51. The van der Waals surface area contributed by atoms with Gasteiger partial charge in [0.15, 0.2) is 0 Å². The highest BCUT2D eigenvalue weighted by Crippen LogP contribution is 2.35. The van der Waals surface area contributed by atoms with Crippen LogP contribution in [0.15, 0.2) is 46.2 Å². The summed E-state index contributed by atoms with van der Waals surface area (Å²) in [6.07, 6.45) is 5.57. The second-order valence-corrected chi connectivity index (χ2v) is 9.45. The zero-order valence-electron chi connectivity index (χ0n) is 19.7. The first kappa shape index (κ1) is 24.7. The van der Waals surface area contributed by atoms with Crippen molar-refractivity contribution in [1.29, 1.82) is 0 Å². The second-order valence-electron chi connectivity index (χ2n) is 9.45. The van der Waals surface area contributed by atoms with Crippen molar-refractivity contribution >= 4 is 17.8 Å². The maximum Gasteiger partial charge on any atom is 0.416 e. The molecule has 194 valence electrons. The molecule has 5 rings (SSSR count). The van der Waals surface area contributed by atoms with Crippen LogP contribution in [0.4, 0.5) is 18.9 Å². The van der Waals surface area contributed by atoms with Gasteiger partial charge in [-0.05, 0) is 62.3 Å². The van der Waals surface area contributed by atoms with Crippen molar-refractivity contribution in [2.45, 2.75) is 63.3 Å². The summed E-state index contributed by atoms with van der Waals surface area (Å²) in [5.41, 5.74) is -2.43. The average Bonchev–Trinajstić information content (AvgIpc) is 3.21. The smallest absolute Gasteiger partial charge is 0.284 e. The van der Waals surface area contributed by atoms with Gasteiger partial charge in [-0.15, -0.1) is 0 Å². The van der Waals surface area contributed by atoms with E-state index in [9.17, 15) is 32.9 Å². The van der Waals surface area contributed by atoms with Crippen LogP contribution in [0, 0.1) is 10.1 Å². The molecule has 2 aliphatic rings. The summed E-state index contributed by atoms with van der Waals surface area (Å²) in [6, 6.07) is 4.64. The molecule has 2 fully saturated rings. The lowest BCUT2D eigenvalue weighted by Crippen LogP contribution is -2.47. The Hall–Kier alpha value is -3.96. The molecule has 37 heavy (non-hydrogen) atoms. The van der Waals surface area contributed by atoms with Gasteiger partial charge < -0.3 is 0 Å². The zero-order chi connectivity index (χ0) is 26.3. The summed E-state index contributed by atoms with van der Waals surface area (Å²) in [7, 11) is 0. The summed E-state index contributed by atoms with van der Waals surface area (Å²) < 4.78 is 43.7. The summed E-state index contributed by atoms with van der Waals surface area (Å²) >= 11 is 0. The van der Waals surface area contributed by atoms with Crippen LogP contribution in [0.1, 0.15) is 73.0 Å². The number of nitro groups is 1. The van der Waals surface area contributed by atoms with Gasteiger partial charge in [-0.25, -0.2) is 4.79 Å². The van der Waals surface area contributed by atoms with Gasteiger partial charge in [0.25, 0.3) is 0 Å². The van der Waals surface area contributed by atoms with Crippen LogP contribution >= 0.6 is 0 Å². The minimum absolute atomic E-state index is 0.0442. The fourth-order valence-corrected chi connectivity index (χ4v) is 4.78. The Kier molecular flexibility index (Phi) is 6.34. The van der Waals surface area contributed by atoms with Crippen molar-refractivity contribution in [3.8, 4) is 0 Å². The van der Waals surface area contributed by atoms with E-state index in [4.69, 9.17) is 0 Å². The van der Waals surface area contributed by atoms with Crippen LogP contribution < -0.4 is 11.2 Å². The van der Waals surface area contributed by atoms with Crippen molar-refractivity contribution in [3.63, 3.8) is 0 Å². The van der Waals surface area contributed by atoms with E-state index in [0.717, 1.165) is 23.5 Å². The maximum atomic E-state index is 13.3. The van der Waals surface area contributed by atoms with E-state index in [1.165, 1.54) is 52.0 Å². The number of rotatable bonds is 7. The molecule has 2 aliphatic carbocycles. The molecule has 0 bridgehead atoms. The fraction of sp³-hybridized carbons (Fsp3) is 0.400. The van der Waals surface area contributed by atoms with Gasteiger partial charge in [0.1, 0.15) is 5.69 Å². The number of aromatic nitrogens is 4. The van der Waals surface area contributed by atoms with Gasteiger partial charge in [-0.3, -0.25) is 28.7 Å². The van der Waals surface area contributed by atoms with Gasteiger partial charge in [0.2, 0.25) is 0 Å². The fourth-order valence-electron chi connectivity index (χ4n) is 4.78. The standard InChI is InChI=1S/C25H24F3N5O4/c26-25(27,28)20-10-2-1-5-17(20)15-30-14-16(13-29-30)11-12-21-22(33(36)37)23(34)32(19-8-4-9-19)24(35)31(21)18-6-3-7-18/h1-2,5,10-14,18-19H,3-4,6-9,15H2/b12-11+. The van der Waals surface area contributed by atoms with Crippen LogP contribution in [0.25, 0.3) is 12.2 Å². The lowest BCUT2D eigenvalue weighted by molar-refractivity contribution is -0.387. The number of hydrogen-bond donors (Lipinski definition) is 0. The van der Waals surface area contributed by atoms with E-state index in [-0.39, 0.29) is 29.9 Å². The summed E-state index contributed by atoms with van der Waals surface area (Å²) in [5, 5.41) is 16.1. The van der Waals surface area contributed by atoms with E-state index >= 15 is 0 Å². The summed E-state index contributed by atoms with van der Waals surface area (Å²) in [5.74, 6) is 0. The minimum Gasteiger partial charge on any atom is -0.284 e. The predicted molar refractivity (Wildman–Crippen MR) is 129 cm³/mol. The van der Waals surface area contributed by atoms with E-state index in [2.05, 4.69) is 5.10 Å². The van der Waals surface area contributed by atoms with Crippen molar-refractivity contribution in [1.82, 2.24) is 18.9 Å². The van der Waals surface area contributed by atoms with Gasteiger partial charge in [-0.1, -0.05) is 18.2 Å². The molecule has 2 heterocycles. The molecule has 12 heteroatoms. The first-order chi connectivity index (χ1) is 17.6.